The highest BCUT2D eigenvalue weighted by atomic mass is 16.3. The van der Waals surface area contributed by atoms with Crippen LogP contribution in [0, 0.1) is 30.1 Å². The Bertz CT molecular complexity index is 768. The van der Waals surface area contributed by atoms with E-state index in [1.54, 1.807) is 0 Å². The minimum Gasteiger partial charge on any atom is -0.507 e. The van der Waals surface area contributed by atoms with E-state index in [0.717, 1.165) is 18.5 Å². The highest BCUT2D eigenvalue weighted by Gasteiger charge is 2.73. The van der Waals surface area contributed by atoms with Crippen molar-refractivity contribution in [1.29, 1.82) is 0 Å². The van der Waals surface area contributed by atoms with Crippen molar-refractivity contribution >= 4 is 0 Å². The van der Waals surface area contributed by atoms with E-state index < -0.39 is 0 Å². The molecule has 2 bridgehead atoms. The molecule has 4 aliphatic rings. The molecule has 1 aromatic carbocycles. The number of phenols is 1. The van der Waals surface area contributed by atoms with Crippen molar-refractivity contribution in [2.45, 2.75) is 58.4 Å². The first-order valence-electron chi connectivity index (χ1n) is 10.2. The van der Waals surface area contributed by atoms with Crippen LogP contribution < -0.4 is 0 Å². The smallest absolute Gasteiger partial charge is 0.122 e. The molecule has 2 nitrogen and oxygen atoms in total. The Balaban J connectivity index is 1.79. The Kier molecular flexibility index (Phi) is 3.13. The maximum absolute atomic E-state index is 11.1. The molecule has 25 heavy (non-hydrogen) atoms. The Labute approximate surface area is 151 Å². The van der Waals surface area contributed by atoms with Crippen LogP contribution in [-0.2, 0) is 11.8 Å². The third kappa shape index (κ3) is 1.70. The van der Waals surface area contributed by atoms with E-state index >= 15 is 0 Å². The number of nitrogens with zero attached hydrogens (tertiary/aromatic N) is 1. The second-order valence-corrected chi connectivity index (χ2v) is 9.43. The summed E-state index contributed by atoms with van der Waals surface area (Å²) in [6.45, 7) is 11.6. The summed E-state index contributed by atoms with van der Waals surface area (Å²) in [5, 5.41) is 11.1. The maximum atomic E-state index is 11.1. The summed E-state index contributed by atoms with van der Waals surface area (Å²) in [4.78, 5) is 2.74. The number of allylic oxidation sites excluding steroid dienone is 1. The largest absolute Gasteiger partial charge is 0.507 e. The van der Waals surface area contributed by atoms with Crippen LogP contribution in [-0.4, -0.2) is 29.1 Å². The summed E-state index contributed by atoms with van der Waals surface area (Å²) in [6.07, 6.45) is 8.57. The van der Waals surface area contributed by atoms with Gasteiger partial charge in [0, 0.05) is 29.0 Å². The van der Waals surface area contributed by atoms with Gasteiger partial charge in [-0.3, -0.25) is 4.90 Å². The quantitative estimate of drug-likeness (QED) is 0.766. The van der Waals surface area contributed by atoms with Gasteiger partial charge in [-0.25, -0.2) is 0 Å². The summed E-state index contributed by atoms with van der Waals surface area (Å²) < 4.78 is 0. The lowest BCUT2D eigenvalue weighted by molar-refractivity contribution is -0.0749. The van der Waals surface area contributed by atoms with Gasteiger partial charge < -0.3 is 5.11 Å². The first kappa shape index (κ1) is 15.9. The monoisotopic (exact) mass is 337 g/mol. The van der Waals surface area contributed by atoms with E-state index in [-0.39, 0.29) is 5.41 Å². The van der Waals surface area contributed by atoms with E-state index in [0.29, 0.717) is 35.0 Å². The molecule has 3 aliphatic carbocycles. The number of aryl methyl sites for hydroxylation is 1. The van der Waals surface area contributed by atoms with Gasteiger partial charge >= 0.3 is 0 Å². The van der Waals surface area contributed by atoms with Crippen LogP contribution in [0.25, 0.3) is 0 Å². The molecular formula is C23H31NO. The van der Waals surface area contributed by atoms with Crippen molar-refractivity contribution in [3.63, 3.8) is 0 Å². The Morgan fingerprint density at radius 1 is 1.28 bits per heavy atom. The topological polar surface area (TPSA) is 23.5 Å². The molecule has 2 fully saturated rings. The number of likely N-dealkylation sites (tertiary alicyclic amines) is 1. The van der Waals surface area contributed by atoms with Gasteiger partial charge in [0.25, 0.3) is 0 Å². The van der Waals surface area contributed by atoms with Gasteiger partial charge in [0.05, 0.1) is 0 Å². The highest BCUT2D eigenvalue weighted by Crippen LogP contribution is 2.74. The van der Waals surface area contributed by atoms with Gasteiger partial charge in [0.2, 0.25) is 0 Å². The maximum Gasteiger partial charge on any atom is 0.122 e. The summed E-state index contributed by atoms with van der Waals surface area (Å²) in [7, 11) is 0. The predicted molar refractivity (Wildman–Crippen MR) is 102 cm³/mol. The molecule has 0 radical (unpaired) electrons. The van der Waals surface area contributed by atoms with Crippen LogP contribution in [0.3, 0.4) is 0 Å². The number of likely N-dealkylation sites (N-methyl/N-ethyl adjacent to an activating group) is 1. The van der Waals surface area contributed by atoms with Gasteiger partial charge in [-0.1, -0.05) is 45.1 Å². The van der Waals surface area contributed by atoms with Crippen LogP contribution in [0.1, 0.15) is 50.3 Å². The van der Waals surface area contributed by atoms with E-state index in [2.05, 4.69) is 56.9 Å². The standard InChI is InChI=1S/C23H31NO/c1-5-24-13-22-10-6-7-14(2)16(4)23(12-22)19-17(11-18(24)21(22)23)9-8-15(3)20(19)25/h6,8-10,14,16,18,21,25H,5,7,11-13H2,1-4H3. The highest BCUT2D eigenvalue weighted by molar-refractivity contribution is 5.57. The first-order chi connectivity index (χ1) is 11.9. The molecule has 6 unspecified atom stereocenters. The molecule has 1 aliphatic heterocycles. The zero-order chi connectivity index (χ0) is 17.6. The number of phenolic OH excluding ortho intramolecular Hbond substituents is 1. The molecule has 6 atom stereocenters. The van der Waals surface area contributed by atoms with E-state index in [9.17, 15) is 5.11 Å². The lowest BCUT2D eigenvalue weighted by Gasteiger charge is -2.67. The second-order valence-electron chi connectivity index (χ2n) is 9.43. The van der Waals surface area contributed by atoms with Gasteiger partial charge in [-0.2, -0.15) is 0 Å². The number of rotatable bonds is 1. The van der Waals surface area contributed by atoms with E-state index in [4.69, 9.17) is 0 Å². The third-order valence-corrected chi connectivity index (χ3v) is 8.54. The molecular weight excluding hydrogens is 306 g/mol. The fraction of sp³-hybridized carbons (Fsp3) is 0.652. The van der Waals surface area contributed by atoms with Crippen LogP contribution in [0.5, 0.6) is 5.75 Å². The first-order valence-corrected chi connectivity index (χ1v) is 10.2. The Morgan fingerprint density at radius 3 is 2.84 bits per heavy atom. The Morgan fingerprint density at radius 2 is 2.08 bits per heavy atom. The fourth-order valence-electron chi connectivity index (χ4n) is 7.34. The van der Waals surface area contributed by atoms with Gasteiger partial charge in [-0.05, 0) is 61.6 Å². The van der Waals surface area contributed by atoms with Gasteiger partial charge in [-0.15, -0.1) is 0 Å². The second kappa shape index (κ2) is 4.91. The minimum absolute atomic E-state index is 0.169. The summed E-state index contributed by atoms with van der Waals surface area (Å²) >= 11 is 0. The third-order valence-electron chi connectivity index (χ3n) is 8.54. The van der Waals surface area contributed by atoms with Crippen molar-refractivity contribution in [3.8, 4) is 5.75 Å². The average molecular weight is 338 g/mol. The molecule has 2 heteroatoms. The normalized spacial score (nSPS) is 44.5. The van der Waals surface area contributed by atoms with Crippen molar-refractivity contribution in [2.75, 3.05) is 13.1 Å². The van der Waals surface area contributed by atoms with Gasteiger partial charge in [0.1, 0.15) is 5.75 Å². The minimum atomic E-state index is 0.169. The summed E-state index contributed by atoms with van der Waals surface area (Å²) in [5.41, 5.74) is 4.32. The molecule has 1 heterocycles. The molecule has 1 N–H and O–H groups in total. The Hall–Kier alpha value is -1.28. The molecule has 2 spiro atoms. The number of fused-ring (bicyclic) bond motifs is 1. The number of hydrogen-bond donors (Lipinski definition) is 1. The number of hydrogen-bond acceptors (Lipinski definition) is 2. The molecule has 0 aromatic heterocycles. The summed E-state index contributed by atoms with van der Waals surface area (Å²) in [6, 6.07) is 5.08. The zero-order valence-electron chi connectivity index (χ0n) is 16.0. The lowest BCUT2D eigenvalue weighted by Crippen LogP contribution is -2.66. The predicted octanol–water partition coefficient (Wildman–Crippen LogP) is 4.44. The zero-order valence-corrected chi connectivity index (χ0v) is 16.0. The van der Waals surface area contributed by atoms with Crippen molar-refractivity contribution in [3.05, 3.63) is 41.0 Å². The molecule has 1 aromatic rings. The van der Waals surface area contributed by atoms with Crippen LogP contribution in [0.2, 0.25) is 0 Å². The summed E-state index contributed by atoms with van der Waals surface area (Å²) in [5.74, 6) is 2.55. The number of aromatic hydroxyl groups is 1. The van der Waals surface area contributed by atoms with E-state index in [1.165, 1.54) is 30.5 Å². The van der Waals surface area contributed by atoms with Crippen LogP contribution in [0.4, 0.5) is 0 Å². The van der Waals surface area contributed by atoms with Gasteiger partial charge in [0.15, 0.2) is 0 Å². The van der Waals surface area contributed by atoms with Crippen molar-refractivity contribution in [2.24, 2.45) is 23.2 Å². The molecule has 1 saturated carbocycles. The number of benzene rings is 1. The van der Waals surface area contributed by atoms with Crippen molar-refractivity contribution in [1.82, 2.24) is 4.90 Å². The molecule has 134 valence electrons. The molecule has 5 rings (SSSR count). The van der Waals surface area contributed by atoms with Crippen molar-refractivity contribution < 1.29 is 5.11 Å². The molecule has 1 saturated heterocycles. The SMILES string of the molecule is CCN1CC23C=CCC(C)C(C)C4(C2)c2c(ccc(C)c2O)CC1C34. The lowest BCUT2D eigenvalue weighted by atomic mass is 9.36. The fourth-order valence-corrected chi connectivity index (χ4v) is 7.34. The average Bonchev–Trinajstić information content (AvgIpc) is 2.85. The van der Waals surface area contributed by atoms with E-state index in [1.807, 2.05) is 0 Å². The van der Waals surface area contributed by atoms with Crippen LogP contribution in [0.15, 0.2) is 24.3 Å². The molecule has 0 amide bonds. The van der Waals surface area contributed by atoms with Crippen LogP contribution >= 0.6 is 0 Å².